The zero-order chi connectivity index (χ0) is 21.2. The average molecular weight is 415 g/mol. The number of aryl methyl sites for hydroxylation is 2. The molecule has 1 saturated heterocycles. The number of hydrogen-bond donors (Lipinski definition) is 1. The van der Waals surface area contributed by atoms with E-state index >= 15 is 0 Å². The lowest BCUT2D eigenvalue weighted by Crippen LogP contribution is -2.38. The second-order valence-corrected chi connectivity index (χ2v) is 7.99. The summed E-state index contributed by atoms with van der Waals surface area (Å²) in [5.74, 6) is 1.57. The Bertz CT molecular complexity index is 1180. The Labute approximate surface area is 181 Å². The van der Waals surface area contributed by atoms with E-state index in [0.29, 0.717) is 6.61 Å². The van der Waals surface area contributed by atoms with Gasteiger partial charge in [0.25, 0.3) is 0 Å². The van der Waals surface area contributed by atoms with Gasteiger partial charge < -0.3 is 10.1 Å². The zero-order valence-electron chi connectivity index (χ0n) is 17.8. The molecule has 1 N–H and O–H groups in total. The maximum atomic E-state index is 6.07. The van der Waals surface area contributed by atoms with Gasteiger partial charge in [-0.15, -0.1) is 0 Å². The molecule has 1 aliphatic rings. The van der Waals surface area contributed by atoms with Crippen LogP contribution in [-0.4, -0.2) is 44.3 Å². The standard InChI is InChI=1S/C24H26N6O/c1-17-13-24(28-29(17)2)27-23-7-3-6-21(26-23)22-16-30(11-12-31-22)15-18-8-9-20-19(14-18)5-4-10-25-20/h3-10,13-14,22H,11-12,15-16H2,1-2H3,(H,26,27,28). The van der Waals surface area contributed by atoms with Crippen molar-refractivity contribution in [1.82, 2.24) is 24.6 Å². The van der Waals surface area contributed by atoms with Gasteiger partial charge in [0.05, 0.1) is 17.8 Å². The topological polar surface area (TPSA) is 68.1 Å². The van der Waals surface area contributed by atoms with E-state index in [2.05, 4.69) is 44.6 Å². The Kier molecular flexibility index (Phi) is 5.36. The number of rotatable bonds is 5. The van der Waals surface area contributed by atoms with Crippen LogP contribution in [-0.2, 0) is 18.3 Å². The molecule has 1 atom stereocenters. The van der Waals surface area contributed by atoms with Crippen LogP contribution in [0, 0.1) is 6.92 Å². The van der Waals surface area contributed by atoms with Gasteiger partial charge >= 0.3 is 0 Å². The van der Waals surface area contributed by atoms with Crippen LogP contribution < -0.4 is 5.32 Å². The largest absolute Gasteiger partial charge is 0.369 e. The number of nitrogens with one attached hydrogen (secondary N) is 1. The van der Waals surface area contributed by atoms with Crippen molar-refractivity contribution in [3.63, 3.8) is 0 Å². The molecule has 1 aliphatic heterocycles. The average Bonchev–Trinajstić information content (AvgIpc) is 3.10. The number of morpholine rings is 1. The van der Waals surface area contributed by atoms with Crippen LogP contribution in [0.1, 0.15) is 23.1 Å². The van der Waals surface area contributed by atoms with Gasteiger partial charge in [0.1, 0.15) is 11.9 Å². The first-order valence-electron chi connectivity index (χ1n) is 10.6. The molecule has 0 saturated carbocycles. The number of hydrogen-bond acceptors (Lipinski definition) is 6. The van der Waals surface area contributed by atoms with Gasteiger partial charge in [-0.05, 0) is 42.8 Å². The molecule has 3 aromatic heterocycles. The molecule has 5 rings (SSSR count). The van der Waals surface area contributed by atoms with E-state index in [1.807, 2.05) is 55.2 Å². The molecule has 7 nitrogen and oxygen atoms in total. The molecule has 158 valence electrons. The molecule has 0 spiro atoms. The molecule has 7 heteroatoms. The van der Waals surface area contributed by atoms with Gasteiger partial charge in [-0.2, -0.15) is 5.10 Å². The molecule has 0 radical (unpaired) electrons. The summed E-state index contributed by atoms with van der Waals surface area (Å²) in [6.07, 6.45) is 1.78. The minimum Gasteiger partial charge on any atom is -0.369 e. The van der Waals surface area contributed by atoms with Gasteiger partial charge in [-0.1, -0.05) is 18.2 Å². The highest BCUT2D eigenvalue weighted by atomic mass is 16.5. The molecule has 31 heavy (non-hydrogen) atoms. The van der Waals surface area contributed by atoms with Crippen molar-refractivity contribution in [2.24, 2.45) is 7.05 Å². The predicted molar refractivity (Wildman–Crippen MR) is 121 cm³/mol. The van der Waals surface area contributed by atoms with Crippen molar-refractivity contribution in [3.05, 3.63) is 77.7 Å². The summed E-state index contributed by atoms with van der Waals surface area (Å²) in [6, 6.07) is 18.6. The molecular formula is C24H26N6O. The molecule has 0 aliphatic carbocycles. The normalized spacial score (nSPS) is 17.2. The van der Waals surface area contributed by atoms with Crippen LogP contribution in [0.25, 0.3) is 10.9 Å². The van der Waals surface area contributed by atoms with Crippen LogP contribution in [0.3, 0.4) is 0 Å². The first-order valence-corrected chi connectivity index (χ1v) is 10.6. The number of ether oxygens (including phenoxy) is 1. The number of nitrogens with zero attached hydrogens (tertiary/aromatic N) is 5. The van der Waals surface area contributed by atoms with Crippen LogP contribution in [0.15, 0.2) is 60.8 Å². The third-order valence-corrected chi connectivity index (χ3v) is 5.69. The summed E-state index contributed by atoms with van der Waals surface area (Å²) in [5, 5.41) is 8.92. The lowest BCUT2D eigenvalue weighted by molar-refractivity contribution is -0.0349. The summed E-state index contributed by atoms with van der Waals surface area (Å²) in [5.41, 5.74) is 4.34. The van der Waals surface area contributed by atoms with Gasteiger partial charge in [0.15, 0.2) is 5.82 Å². The molecule has 1 aromatic carbocycles. The van der Waals surface area contributed by atoms with Crippen molar-refractivity contribution < 1.29 is 4.74 Å². The Morgan fingerprint density at radius 1 is 1.10 bits per heavy atom. The molecule has 0 amide bonds. The number of benzene rings is 1. The van der Waals surface area contributed by atoms with Crippen molar-refractivity contribution >= 4 is 22.5 Å². The van der Waals surface area contributed by atoms with E-state index in [0.717, 1.165) is 48.2 Å². The number of fused-ring (bicyclic) bond motifs is 1. The van der Waals surface area contributed by atoms with Gasteiger partial charge in [-0.3, -0.25) is 14.6 Å². The minimum atomic E-state index is -0.0527. The Morgan fingerprint density at radius 3 is 2.90 bits per heavy atom. The van der Waals surface area contributed by atoms with Gasteiger partial charge in [0.2, 0.25) is 0 Å². The minimum absolute atomic E-state index is 0.0527. The maximum absolute atomic E-state index is 6.07. The molecule has 1 fully saturated rings. The third-order valence-electron chi connectivity index (χ3n) is 5.69. The van der Waals surface area contributed by atoms with E-state index in [-0.39, 0.29) is 6.10 Å². The van der Waals surface area contributed by atoms with Crippen molar-refractivity contribution in [1.29, 1.82) is 0 Å². The fraction of sp³-hybridized carbons (Fsp3) is 0.292. The van der Waals surface area contributed by atoms with E-state index in [1.165, 1.54) is 10.9 Å². The van der Waals surface area contributed by atoms with Crippen molar-refractivity contribution in [3.8, 4) is 0 Å². The smallest absolute Gasteiger partial charge is 0.153 e. The van der Waals surface area contributed by atoms with Gasteiger partial charge in [-0.25, -0.2) is 4.98 Å². The Hall–Kier alpha value is -3.29. The second-order valence-electron chi connectivity index (χ2n) is 7.99. The van der Waals surface area contributed by atoms with E-state index in [1.54, 1.807) is 0 Å². The molecule has 1 unspecified atom stereocenters. The first-order chi connectivity index (χ1) is 15.1. The van der Waals surface area contributed by atoms with E-state index in [4.69, 9.17) is 9.72 Å². The van der Waals surface area contributed by atoms with E-state index < -0.39 is 0 Å². The predicted octanol–water partition coefficient (Wildman–Crippen LogP) is 3.99. The van der Waals surface area contributed by atoms with Crippen LogP contribution in [0.2, 0.25) is 0 Å². The van der Waals surface area contributed by atoms with Crippen LogP contribution >= 0.6 is 0 Å². The number of pyridine rings is 2. The van der Waals surface area contributed by atoms with Crippen molar-refractivity contribution in [2.75, 3.05) is 25.0 Å². The molecule has 0 bridgehead atoms. The molecular weight excluding hydrogens is 388 g/mol. The zero-order valence-corrected chi connectivity index (χ0v) is 17.8. The highest BCUT2D eigenvalue weighted by Crippen LogP contribution is 2.24. The fourth-order valence-electron chi connectivity index (χ4n) is 3.96. The van der Waals surface area contributed by atoms with Crippen LogP contribution in [0.4, 0.5) is 11.6 Å². The fourth-order valence-corrected chi connectivity index (χ4v) is 3.96. The maximum Gasteiger partial charge on any atom is 0.153 e. The second kappa shape index (κ2) is 8.45. The van der Waals surface area contributed by atoms with Crippen LogP contribution in [0.5, 0.6) is 0 Å². The lowest BCUT2D eigenvalue weighted by Gasteiger charge is -2.32. The summed E-state index contributed by atoms with van der Waals surface area (Å²) in [7, 11) is 1.93. The summed E-state index contributed by atoms with van der Waals surface area (Å²) >= 11 is 0. The van der Waals surface area contributed by atoms with Crippen molar-refractivity contribution in [2.45, 2.75) is 19.6 Å². The number of anilines is 2. The lowest BCUT2D eigenvalue weighted by atomic mass is 10.1. The van der Waals surface area contributed by atoms with E-state index in [9.17, 15) is 0 Å². The Morgan fingerprint density at radius 2 is 2.03 bits per heavy atom. The highest BCUT2D eigenvalue weighted by Gasteiger charge is 2.23. The summed E-state index contributed by atoms with van der Waals surface area (Å²) in [4.78, 5) is 11.6. The third kappa shape index (κ3) is 4.42. The van der Waals surface area contributed by atoms with Gasteiger partial charge in [0, 0.05) is 50.0 Å². The quantitative estimate of drug-likeness (QED) is 0.533. The summed E-state index contributed by atoms with van der Waals surface area (Å²) in [6.45, 7) is 5.32. The molecule has 4 aromatic rings. The first kappa shape index (κ1) is 19.7. The molecule has 4 heterocycles. The highest BCUT2D eigenvalue weighted by molar-refractivity contribution is 5.78. The SMILES string of the molecule is Cc1cc(Nc2cccc(C3CN(Cc4ccc5ncccc5c4)CCO3)n2)nn1C. The monoisotopic (exact) mass is 414 g/mol. The number of aromatic nitrogens is 4. The Balaban J connectivity index is 1.28. The summed E-state index contributed by atoms with van der Waals surface area (Å²) < 4.78 is 7.91.